The summed E-state index contributed by atoms with van der Waals surface area (Å²) in [5.74, 6) is 5.69. The van der Waals surface area contributed by atoms with Gasteiger partial charge in [-0.25, -0.2) is 5.84 Å². The van der Waals surface area contributed by atoms with Crippen molar-refractivity contribution in [1.82, 2.24) is 5.43 Å². The molecule has 0 atom stereocenters. The van der Waals surface area contributed by atoms with Crippen molar-refractivity contribution in [2.75, 3.05) is 0 Å². The largest absolute Gasteiger partial charge is 0.392 e. The van der Waals surface area contributed by atoms with E-state index in [-0.39, 0.29) is 12.5 Å². The predicted molar refractivity (Wildman–Crippen MR) is 82.6 cm³/mol. The fraction of sp³-hybridized carbons (Fsp3) is 0.214. The van der Waals surface area contributed by atoms with E-state index >= 15 is 0 Å². The van der Waals surface area contributed by atoms with Gasteiger partial charge in [0.05, 0.1) is 11.5 Å². The maximum absolute atomic E-state index is 11.5. The van der Waals surface area contributed by atoms with Crippen LogP contribution in [0, 0.1) is 6.92 Å². The molecule has 0 aliphatic carbocycles. The van der Waals surface area contributed by atoms with Gasteiger partial charge < -0.3 is 5.11 Å². The predicted octanol–water partition coefficient (Wildman–Crippen LogP) is 2.44. The Morgan fingerprint density at radius 2 is 2.10 bits per heavy atom. The Bertz CT molecular complexity index is 594. The number of thioether (sulfide) groups is 1. The van der Waals surface area contributed by atoms with Crippen LogP contribution in [0.1, 0.15) is 25.7 Å². The van der Waals surface area contributed by atoms with Crippen LogP contribution in [-0.2, 0) is 12.4 Å². The maximum atomic E-state index is 11.5. The van der Waals surface area contributed by atoms with E-state index in [2.05, 4.69) is 5.43 Å². The number of benzene rings is 1. The van der Waals surface area contributed by atoms with Gasteiger partial charge in [0.1, 0.15) is 0 Å². The van der Waals surface area contributed by atoms with E-state index in [9.17, 15) is 4.79 Å². The fourth-order valence-electron chi connectivity index (χ4n) is 1.70. The molecule has 1 aromatic heterocycles. The van der Waals surface area contributed by atoms with E-state index in [0.29, 0.717) is 4.88 Å². The molecule has 1 amide bonds. The molecule has 4 N–H and O–H groups in total. The van der Waals surface area contributed by atoms with E-state index in [4.69, 9.17) is 10.9 Å². The number of thiophene rings is 1. The van der Waals surface area contributed by atoms with Gasteiger partial charge in [0.25, 0.3) is 5.91 Å². The molecular weight excluding hydrogens is 292 g/mol. The first kappa shape index (κ1) is 15.1. The highest BCUT2D eigenvalue weighted by Gasteiger charge is 2.11. The summed E-state index contributed by atoms with van der Waals surface area (Å²) in [4.78, 5) is 14.4. The third-order valence-electron chi connectivity index (χ3n) is 2.88. The van der Waals surface area contributed by atoms with E-state index in [0.717, 1.165) is 26.7 Å². The van der Waals surface area contributed by atoms with Gasteiger partial charge in [0.2, 0.25) is 0 Å². The Morgan fingerprint density at radius 3 is 2.70 bits per heavy atom. The topological polar surface area (TPSA) is 75.4 Å². The zero-order valence-corrected chi connectivity index (χ0v) is 12.7. The van der Waals surface area contributed by atoms with Crippen LogP contribution >= 0.6 is 23.1 Å². The summed E-state index contributed by atoms with van der Waals surface area (Å²) in [5, 5.41) is 9.00. The van der Waals surface area contributed by atoms with Crippen molar-refractivity contribution >= 4 is 29.0 Å². The van der Waals surface area contributed by atoms with Gasteiger partial charge in [0, 0.05) is 15.5 Å². The number of nitrogens with two attached hydrogens (primary N) is 1. The summed E-state index contributed by atoms with van der Waals surface area (Å²) in [7, 11) is 0. The Hall–Kier alpha value is -1.34. The molecule has 0 aliphatic heterocycles. The van der Waals surface area contributed by atoms with Crippen LogP contribution in [0.25, 0.3) is 0 Å². The molecular formula is C14H16N2O2S2. The number of aryl methyl sites for hydroxylation is 1. The highest BCUT2D eigenvalue weighted by molar-refractivity contribution is 7.98. The number of amides is 1. The third kappa shape index (κ3) is 3.61. The van der Waals surface area contributed by atoms with Gasteiger partial charge in [-0.1, -0.05) is 12.1 Å². The Labute approximate surface area is 126 Å². The fourth-order valence-corrected chi connectivity index (χ4v) is 3.69. The number of nitrogens with one attached hydrogen (secondary N) is 1. The van der Waals surface area contributed by atoms with Gasteiger partial charge in [-0.15, -0.1) is 23.1 Å². The summed E-state index contributed by atoms with van der Waals surface area (Å²) < 4.78 is 0. The number of rotatable bonds is 5. The zero-order chi connectivity index (χ0) is 14.5. The van der Waals surface area contributed by atoms with Crippen LogP contribution in [0.15, 0.2) is 35.2 Å². The van der Waals surface area contributed by atoms with Crippen LogP contribution in [0.3, 0.4) is 0 Å². The monoisotopic (exact) mass is 308 g/mol. The van der Waals surface area contributed by atoms with E-state index in [1.165, 1.54) is 11.3 Å². The summed E-state index contributed by atoms with van der Waals surface area (Å²) in [6, 6.07) is 9.69. The molecule has 20 heavy (non-hydrogen) atoms. The summed E-state index contributed by atoms with van der Waals surface area (Å²) in [6.07, 6.45) is 0. The number of carbonyl (C=O) groups is 1. The summed E-state index contributed by atoms with van der Waals surface area (Å²) >= 11 is 3.15. The minimum atomic E-state index is -0.248. The lowest BCUT2D eigenvalue weighted by molar-refractivity contribution is 0.0957. The molecule has 6 heteroatoms. The van der Waals surface area contributed by atoms with E-state index < -0.39 is 0 Å². The number of aliphatic hydroxyl groups excluding tert-OH is 1. The molecule has 0 spiro atoms. The van der Waals surface area contributed by atoms with Crippen LogP contribution < -0.4 is 11.3 Å². The number of hydrogen-bond acceptors (Lipinski definition) is 5. The first-order chi connectivity index (χ1) is 9.63. The molecule has 0 bridgehead atoms. The van der Waals surface area contributed by atoms with Crippen molar-refractivity contribution in [3.63, 3.8) is 0 Å². The minimum absolute atomic E-state index is 0.0617. The average Bonchev–Trinajstić information content (AvgIpc) is 2.86. The molecule has 0 radical (unpaired) electrons. The molecule has 0 unspecified atom stereocenters. The van der Waals surface area contributed by atoms with E-state index in [1.807, 2.05) is 37.3 Å². The number of aliphatic hydroxyl groups is 1. The molecule has 0 saturated heterocycles. The average molecular weight is 308 g/mol. The van der Waals surface area contributed by atoms with Crippen molar-refractivity contribution in [1.29, 1.82) is 0 Å². The van der Waals surface area contributed by atoms with Crippen LogP contribution in [0.5, 0.6) is 0 Å². The van der Waals surface area contributed by atoms with Gasteiger partial charge in [0.15, 0.2) is 0 Å². The summed E-state index contributed by atoms with van der Waals surface area (Å²) in [5.41, 5.74) is 4.20. The number of hydrogen-bond donors (Lipinski definition) is 3. The smallest absolute Gasteiger partial charge is 0.275 e. The Kier molecular flexibility index (Phi) is 5.19. The first-order valence-electron chi connectivity index (χ1n) is 6.07. The second-order valence-electron chi connectivity index (χ2n) is 4.26. The quantitative estimate of drug-likeness (QED) is 0.343. The molecule has 1 aromatic carbocycles. The number of nitrogen functional groups attached to an aromatic ring is 1. The zero-order valence-electron chi connectivity index (χ0n) is 11.1. The highest BCUT2D eigenvalue weighted by Crippen LogP contribution is 2.29. The van der Waals surface area contributed by atoms with Gasteiger partial charge in [-0.2, -0.15) is 0 Å². The highest BCUT2D eigenvalue weighted by atomic mass is 32.2. The van der Waals surface area contributed by atoms with Crippen LogP contribution in [0.4, 0.5) is 0 Å². The number of hydrazine groups is 1. The number of carbonyl (C=O) groups excluding carboxylic acids is 1. The molecule has 0 fully saturated rings. The standard InChI is InChI=1S/C14H16N2O2S2/c1-9-11(6-13(20-9)14(18)16-15)8-19-12-4-2-10(7-17)3-5-12/h2-6,17H,7-8,15H2,1H3,(H,16,18). The second-order valence-corrected chi connectivity index (χ2v) is 6.56. The Morgan fingerprint density at radius 1 is 1.40 bits per heavy atom. The van der Waals surface area contributed by atoms with Crippen LogP contribution in [-0.4, -0.2) is 11.0 Å². The third-order valence-corrected chi connectivity index (χ3v) is 5.03. The SMILES string of the molecule is Cc1sc(C(=O)NN)cc1CSc1ccc(CO)cc1. The van der Waals surface area contributed by atoms with Crippen molar-refractivity contribution in [3.05, 3.63) is 51.2 Å². The molecule has 2 rings (SSSR count). The van der Waals surface area contributed by atoms with Gasteiger partial charge in [-0.05, 0) is 36.2 Å². The van der Waals surface area contributed by atoms with Crippen molar-refractivity contribution in [3.8, 4) is 0 Å². The molecule has 2 aromatic rings. The second kappa shape index (κ2) is 6.90. The van der Waals surface area contributed by atoms with Crippen molar-refractivity contribution in [2.24, 2.45) is 5.84 Å². The maximum Gasteiger partial charge on any atom is 0.275 e. The van der Waals surface area contributed by atoms with Crippen LogP contribution in [0.2, 0.25) is 0 Å². The first-order valence-corrected chi connectivity index (χ1v) is 7.87. The van der Waals surface area contributed by atoms with Crippen molar-refractivity contribution < 1.29 is 9.90 Å². The minimum Gasteiger partial charge on any atom is -0.392 e. The molecule has 1 heterocycles. The lowest BCUT2D eigenvalue weighted by Gasteiger charge is -2.02. The molecule has 0 aliphatic rings. The van der Waals surface area contributed by atoms with Crippen molar-refractivity contribution in [2.45, 2.75) is 24.2 Å². The molecule has 106 valence electrons. The molecule has 0 saturated carbocycles. The lowest BCUT2D eigenvalue weighted by Crippen LogP contribution is -2.29. The molecule has 4 nitrogen and oxygen atoms in total. The van der Waals surface area contributed by atoms with E-state index in [1.54, 1.807) is 11.8 Å². The Balaban J connectivity index is 2.02. The van der Waals surface area contributed by atoms with Gasteiger partial charge >= 0.3 is 0 Å². The van der Waals surface area contributed by atoms with Gasteiger partial charge in [-0.3, -0.25) is 10.2 Å². The lowest BCUT2D eigenvalue weighted by atomic mass is 10.2. The normalized spacial score (nSPS) is 10.6. The summed E-state index contributed by atoms with van der Waals surface area (Å²) in [6.45, 7) is 2.06.